The molecule has 4 heteroatoms. The van der Waals surface area contributed by atoms with Crippen molar-refractivity contribution in [1.82, 2.24) is 19.7 Å². The molecule has 1 unspecified atom stereocenters. The highest BCUT2D eigenvalue weighted by atomic mass is 15.4. The van der Waals surface area contributed by atoms with E-state index in [0.29, 0.717) is 5.92 Å². The normalized spacial score (nSPS) is 18.9. The number of likely N-dealkylation sites (N-methyl/N-ethyl adjacent to an activating group) is 1. The second-order valence-corrected chi connectivity index (χ2v) is 4.62. The van der Waals surface area contributed by atoms with Gasteiger partial charge in [-0.2, -0.15) is 5.10 Å². The van der Waals surface area contributed by atoms with E-state index >= 15 is 0 Å². The van der Waals surface area contributed by atoms with E-state index in [1.807, 2.05) is 0 Å². The fraction of sp³-hybridized carbons (Fsp3) is 0.818. The van der Waals surface area contributed by atoms with Crippen LogP contribution in [0.2, 0.25) is 0 Å². The summed E-state index contributed by atoms with van der Waals surface area (Å²) >= 11 is 0. The van der Waals surface area contributed by atoms with Crippen molar-refractivity contribution in [2.75, 3.05) is 13.6 Å². The number of hydrogen-bond acceptors (Lipinski definition) is 3. The SMILES string of the molecule is CCC(C)Cc1nc2n(n1)CCN(C)C2. The van der Waals surface area contributed by atoms with Gasteiger partial charge < -0.3 is 0 Å². The van der Waals surface area contributed by atoms with Crippen molar-refractivity contribution in [2.45, 2.75) is 39.8 Å². The molecule has 0 radical (unpaired) electrons. The largest absolute Gasteiger partial charge is 0.297 e. The fourth-order valence-electron chi connectivity index (χ4n) is 1.85. The van der Waals surface area contributed by atoms with Crippen molar-refractivity contribution in [3.8, 4) is 0 Å². The molecular weight excluding hydrogens is 188 g/mol. The number of hydrogen-bond donors (Lipinski definition) is 0. The third kappa shape index (κ3) is 2.37. The van der Waals surface area contributed by atoms with Gasteiger partial charge in [0, 0.05) is 13.0 Å². The van der Waals surface area contributed by atoms with Crippen LogP contribution in [0.15, 0.2) is 0 Å². The van der Waals surface area contributed by atoms with Crippen LogP contribution in [0, 0.1) is 5.92 Å². The minimum Gasteiger partial charge on any atom is -0.297 e. The summed E-state index contributed by atoms with van der Waals surface area (Å²) in [6.07, 6.45) is 2.21. The first kappa shape index (κ1) is 10.6. The third-order valence-corrected chi connectivity index (χ3v) is 3.13. The van der Waals surface area contributed by atoms with E-state index in [-0.39, 0.29) is 0 Å². The molecule has 1 atom stereocenters. The first-order valence-corrected chi connectivity index (χ1v) is 5.80. The van der Waals surface area contributed by atoms with Crippen LogP contribution < -0.4 is 0 Å². The Hall–Kier alpha value is -0.900. The van der Waals surface area contributed by atoms with Crippen LogP contribution in [-0.2, 0) is 19.5 Å². The average Bonchev–Trinajstić information content (AvgIpc) is 2.59. The summed E-state index contributed by atoms with van der Waals surface area (Å²) in [5.74, 6) is 2.84. The molecular formula is C11H20N4. The zero-order chi connectivity index (χ0) is 10.8. The Morgan fingerprint density at radius 2 is 2.20 bits per heavy atom. The molecule has 0 bridgehead atoms. The molecule has 84 valence electrons. The van der Waals surface area contributed by atoms with Crippen LogP contribution in [0.25, 0.3) is 0 Å². The van der Waals surface area contributed by atoms with Gasteiger partial charge in [-0.15, -0.1) is 0 Å². The lowest BCUT2D eigenvalue weighted by atomic mass is 10.1. The smallest absolute Gasteiger partial charge is 0.151 e. The van der Waals surface area contributed by atoms with E-state index in [2.05, 4.69) is 40.6 Å². The minimum absolute atomic E-state index is 0.687. The van der Waals surface area contributed by atoms with Crippen molar-refractivity contribution < 1.29 is 0 Å². The highest BCUT2D eigenvalue weighted by molar-refractivity contribution is 4.96. The van der Waals surface area contributed by atoms with E-state index in [1.54, 1.807) is 0 Å². The number of aromatic nitrogens is 3. The molecule has 0 amide bonds. The maximum absolute atomic E-state index is 4.60. The molecule has 2 heterocycles. The van der Waals surface area contributed by atoms with E-state index in [4.69, 9.17) is 0 Å². The Bertz CT molecular complexity index is 331. The van der Waals surface area contributed by atoms with Gasteiger partial charge in [0.15, 0.2) is 5.82 Å². The molecule has 15 heavy (non-hydrogen) atoms. The molecule has 0 saturated carbocycles. The predicted molar refractivity (Wildman–Crippen MR) is 59.5 cm³/mol. The molecule has 4 nitrogen and oxygen atoms in total. The summed E-state index contributed by atoms with van der Waals surface area (Å²) in [6, 6.07) is 0. The van der Waals surface area contributed by atoms with Crippen molar-refractivity contribution in [3.63, 3.8) is 0 Å². The topological polar surface area (TPSA) is 34.0 Å². The van der Waals surface area contributed by atoms with Crippen molar-refractivity contribution >= 4 is 0 Å². The Balaban J connectivity index is 2.09. The molecule has 2 rings (SSSR count). The van der Waals surface area contributed by atoms with Crippen molar-refractivity contribution in [1.29, 1.82) is 0 Å². The minimum atomic E-state index is 0.687. The zero-order valence-electron chi connectivity index (χ0n) is 9.90. The Morgan fingerprint density at radius 1 is 1.40 bits per heavy atom. The lowest BCUT2D eigenvalue weighted by Gasteiger charge is -2.21. The molecule has 1 aliphatic rings. The Labute approximate surface area is 91.3 Å². The predicted octanol–water partition coefficient (Wildman–Crippen LogP) is 1.31. The number of fused-ring (bicyclic) bond motifs is 1. The molecule has 0 spiro atoms. The van der Waals surface area contributed by atoms with E-state index in [9.17, 15) is 0 Å². The highest BCUT2D eigenvalue weighted by Gasteiger charge is 2.17. The molecule has 0 aromatic carbocycles. The van der Waals surface area contributed by atoms with Gasteiger partial charge in [-0.25, -0.2) is 9.67 Å². The maximum Gasteiger partial charge on any atom is 0.151 e. The van der Waals surface area contributed by atoms with Crippen LogP contribution in [0.3, 0.4) is 0 Å². The van der Waals surface area contributed by atoms with Crippen molar-refractivity contribution in [2.24, 2.45) is 5.92 Å². The van der Waals surface area contributed by atoms with Gasteiger partial charge >= 0.3 is 0 Å². The van der Waals surface area contributed by atoms with Crippen LogP contribution >= 0.6 is 0 Å². The van der Waals surface area contributed by atoms with E-state index in [0.717, 1.165) is 37.7 Å². The maximum atomic E-state index is 4.60. The summed E-state index contributed by atoms with van der Waals surface area (Å²) in [4.78, 5) is 6.89. The summed E-state index contributed by atoms with van der Waals surface area (Å²) in [5, 5.41) is 4.55. The second kappa shape index (κ2) is 4.31. The molecule has 1 aromatic rings. The fourth-order valence-corrected chi connectivity index (χ4v) is 1.85. The van der Waals surface area contributed by atoms with Crippen molar-refractivity contribution in [3.05, 3.63) is 11.6 Å². The van der Waals surface area contributed by atoms with Gasteiger partial charge in [0.1, 0.15) is 5.82 Å². The van der Waals surface area contributed by atoms with E-state index < -0.39 is 0 Å². The summed E-state index contributed by atoms with van der Waals surface area (Å²) in [5.41, 5.74) is 0. The number of rotatable bonds is 3. The van der Waals surface area contributed by atoms with Gasteiger partial charge in [0.05, 0.1) is 13.1 Å². The van der Waals surface area contributed by atoms with Gasteiger partial charge in [-0.3, -0.25) is 4.90 Å². The number of nitrogens with zero attached hydrogens (tertiary/aromatic N) is 4. The quantitative estimate of drug-likeness (QED) is 0.751. The molecule has 1 aromatic heterocycles. The Morgan fingerprint density at radius 3 is 2.93 bits per heavy atom. The monoisotopic (exact) mass is 208 g/mol. The summed E-state index contributed by atoms with van der Waals surface area (Å²) in [6.45, 7) is 7.48. The highest BCUT2D eigenvalue weighted by Crippen LogP contribution is 2.12. The molecule has 0 saturated heterocycles. The first-order chi connectivity index (χ1) is 7.19. The summed E-state index contributed by atoms with van der Waals surface area (Å²) < 4.78 is 2.07. The van der Waals surface area contributed by atoms with Crippen LogP contribution in [-0.4, -0.2) is 33.3 Å². The van der Waals surface area contributed by atoms with Gasteiger partial charge in [0.25, 0.3) is 0 Å². The lowest BCUT2D eigenvalue weighted by Crippen LogP contribution is -2.30. The van der Waals surface area contributed by atoms with Crippen LogP contribution in [0.4, 0.5) is 0 Å². The second-order valence-electron chi connectivity index (χ2n) is 4.62. The zero-order valence-corrected chi connectivity index (χ0v) is 9.90. The van der Waals surface area contributed by atoms with E-state index in [1.165, 1.54) is 6.42 Å². The van der Waals surface area contributed by atoms with Gasteiger partial charge in [-0.1, -0.05) is 20.3 Å². The van der Waals surface area contributed by atoms with Gasteiger partial charge in [0.2, 0.25) is 0 Å². The standard InChI is InChI=1S/C11H20N4/c1-4-9(2)7-10-12-11-8-14(3)5-6-15(11)13-10/h9H,4-8H2,1-3H3. The first-order valence-electron chi connectivity index (χ1n) is 5.80. The molecule has 1 aliphatic heterocycles. The lowest BCUT2D eigenvalue weighted by molar-refractivity contribution is 0.254. The van der Waals surface area contributed by atoms with Crippen LogP contribution in [0.1, 0.15) is 31.9 Å². The molecule has 0 N–H and O–H groups in total. The van der Waals surface area contributed by atoms with Gasteiger partial charge in [-0.05, 0) is 13.0 Å². The Kier molecular flexibility index (Phi) is 3.05. The van der Waals surface area contributed by atoms with Crippen LogP contribution in [0.5, 0.6) is 0 Å². The molecule has 0 aliphatic carbocycles. The third-order valence-electron chi connectivity index (χ3n) is 3.13. The molecule has 0 fully saturated rings. The average molecular weight is 208 g/mol. The summed E-state index contributed by atoms with van der Waals surface area (Å²) in [7, 11) is 2.13.